The number of aliphatic hydroxyl groups excluding tert-OH is 2. The van der Waals surface area contributed by atoms with Crippen LogP contribution in [-0.2, 0) is 23.3 Å². The van der Waals surface area contributed by atoms with Gasteiger partial charge in [0.05, 0.1) is 6.10 Å². The molecule has 12 nitrogen and oxygen atoms in total. The minimum atomic E-state index is -4.33. The highest BCUT2D eigenvalue weighted by Crippen LogP contribution is 2.42. The summed E-state index contributed by atoms with van der Waals surface area (Å²) < 4.78 is 33.0. The first-order valence-electron chi connectivity index (χ1n) is 7.82. The summed E-state index contributed by atoms with van der Waals surface area (Å²) in [4.78, 5) is 10.00. The zero-order valence-electron chi connectivity index (χ0n) is 13.9. The van der Waals surface area contributed by atoms with Crippen molar-refractivity contribution in [2.45, 2.75) is 62.4 Å². The second-order valence-electron chi connectivity index (χ2n) is 5.88. The van der Waals surface area contributed by atoms with Crippen molar-refractivity contribution in [2.75, 3.05) is 13.7 Å². The van der Waals surface area contributed by atoms with Crippen LogP contribution in [0.5, 0.6) is 0 Å². The first kappa shape index (κ1) is 20.8. The molecule has 9 atom stereocenters. The molecular formula is C12H25N4O8P. The van der Waals surface area contributed by atoms with Gasteiger partial charge in [-0.15, -0.1) is 0 Å². The molecule has 0 spiro atoms. The topological polar surface area (TPSA) is 189 Å². The number of nitrogens with zero attached hydrogens (tertiary/aromatic N) is 1. The summed E-state index contributed by atoms with van der Waals surface area (Å²) in [6.45, 7) is 1.56. The van der Waals surface area contributed by atoms with Gasteiger partial charge in [-0.3, -0.25) is 4.52 Å². The van der Waals surface area contributed by atoms with Gasteiger partial charge >= 0.3 is 7.75 Å². The molecule has 2 rings (SSSR count). The van der Waals surface area contributed by atoms with E-state index in [2.05, 4.69) is 10.2 Å². The van der Waals surface area contributed by atoms with Gasteiger partial charge in [-0.25, -0.2) is 15.2 Å². The van der Waals surface area contributed by atoms with Crippen LogP contribution in [0.3, 0.4) is 0 Å². The zero-order valence-corrected chi connectivity index (χ0v) is 14.8. The van der Waals surface area contributed by atoms with Gasteiger partial charge in [-0.1, -0.05) is 6.92 Å². The molecule has 0 radical (unpaired) electrons. The molecule has 0 aliphatic carbocycles. The first-order valence-corrected chi connectivity index (χ1v) is 9.40. The maximum absolute atomic E-state index is 12.3. The van der Waals surface area contributed by atoms with E-state index >= 15 is 0 Å². The monoisotopic (exact) mass is 384 g/mol. The van der Waals surface area contributed by atoms with Gasteiger partial charge in [0, 0.05) is 13.7 Å². The molecule has 25 heavy (non-hydrogen) atoms. The van der Waals surface area contributed by atoms with Crippen LogP contribution in [0.1, 0.15) is 13.3 Å². The Hall–Kier alpha value is -0.530. The van der Waals surface area contributed by atoms with Crippen molar-refractivity contribution >= 4 is 7.75 Å². The average molecular weight is 384 g/mol. The second-order valence-corrected chi connectivity index (χ2v) is 7.44. The molecular weight excluding hydrogens is 359 g/mol. The highest BCUT2D eigenvalue weighted by atomic mass is 31.2. The number of rotatable bonds is 8. The molecule has 2 aliphatic rings. The Labute approximate surface area is 144 Å². The third-order valence-electron chi connectivity index (χ3n) is 4.24. The van der Waals surface area contributed by atoms with Crippen molar-refractivity contribution in [3.63, 3.8) is 0 Å². The van der Waals surface area contributed by atoms with E-state index in [0.717, 1.165) is 0 Å². The molecule has 0 saturated carbocycles. The molecule has 0 aromatic heterocycles. The van der Waals surface area contributed by atoms with E-state index in [1.54, 1.807) is 6.92 Å². The third-order valence-corrected chi connectivity index (χ3v) is 5.35. The maximum atomic E-state index is 12.3. The zero-order chi connectivity index (χ0) is 18.8. The molecule has 0 amide bonds. The molecule has 2 saturated heterocycles. The summed E-state index contributed by atoms with van der Waals surface area (Å²) in [6, 6.07) is 0. The summed E-state index contributed by atoms with van der Waals surface area (Å²) in [5.41, 5.74) is 12.5. The highest BCUT2D eigenvalue weighted by molar-refractivity contribution is 7.50. The average Bonchev–Trinajstić information content (AvgIpc) is 3.03. The van der Waals surface area contributed by atoms with Crippen LogP contribution in [0.2, 0.25) is 0 Å². The number of nitrogens with two attached hydrogens (primary N) is 1. The second kappa shape index (κ2) is 8.44. The summed E-state index contributed by atoms with van der Waals surface area (Å²) in [5.74, 6) is 0. The van der Waals surface area contributed by atoms with E-state index in [0.29, 0.717) is 6.42 Å². The Bertz CT molecular complexity index is 514. The van der Waals surface area contributed by atoms with Crippen LogP contribution in [0, 0.1) is 5.53 Å². The van der Waals surface area contributed by atoms with Gasteiger partial charge in [-0.05, 0) is 6.42 Å². The van der Waals surface area contributed by atoms with Crippen molar-refractivity contribution in [1.29, 1.82) is 5.53 Å². The van der Waals surface area contributed by atoms with Crippen LogP contribution in [0.25, 0.3) is 0 Å². The van der Waals surface area contributed by atoms with Gasteiger partial charge in [0.2, 0.25) is 0 Å². The fourth-order valence-corrected chi connectivity index (χ4v) is 3.99. The van der Waals surface area contributed by atoms with Gasteiger partial charge in [0.25, 0.3) is 0 Å². The van der Waals surface area contributed by atoms with Gasteiger partial charge in [-0.2, -0.15) is 5.11 Å². The lowest BCUT2D eigenvalue weighted by atomic mass is 10.1. The van der Waals surface area contributed by atoms with Crippen molar-refractivity contribution in [1.82, 2.24) is 5.09 Å². The van der Waals surface area contributed by atoms with E-state index in [1.807, 2.05) is 0 Å². The summed E-state index contributed by atoms with van der Waals surface area (Å²) in [5, 5.41) is 25.3. The number of methoxy groups -OCH3 is 1. The summed E-state index contributed by atoms with van der Waals surface area (Å²) in [7, 11) is -3.00. The van der Waals surface area contributed by atoms with Gasteiger partial charge in [0.15, 0.2) is 6.23 Å². The third kappa shape index (κ3) is 4.61. The lowest BCUT2D eigenvalue weighted by Crippen LogP contribution is -2.41. The Morgan fingerprint density at radius 1 is 1.28 bits per heavy atom. The Kier molecular flexibility index (Phi) is 7.01. The van der Waals surface area contributed by atoms with Crippen LogP contribution in [0.15, 0.2) is 5.11 Å². The van der Waals surface area contributed by atoms with Crippen LogP contribution in [0.4, 0.5) is 0 Å². The Balaban J connectivity index is 1.95. The quantitative estimate of drug-likeness (QED) is 0.215. The SMILES string of the molecule is CC[C@H]1O[C@@H](N)[C@@H](O)C1OP(=O)(O)NC[C@H]1O[C@@H](N=N)[C@@H](O)C1OC. The largest absolute Gasteiger partial charge is 0.403 e. The predicted molar refractivity (Wildman–Crippen MR) is 82.5 cm³/mol. The van der Waals surface area contributed by atoms with E-state index in [1.165, 1.54) is 7.11 Å². The van der Waals surface area contributed by atoms with Crippen LogP contribution >= 0.6 is 7.75 Å². The van der Waals surface area contributed by atoms with Gasteiger partial charge in [0.1, 0.15) is 36.7 Å². The van der Waals surface area contributed by atoms with Crippen molar-refractivity contribution in [2.24, 2.45) is 10.8 Å². The predicted octanol–water partition coefficient (Wildman–Crippen LogP) is -1.35. The molecule has 2 heterocycles. The Morgan fingerprint density at radius 3 is 2.52 bits per heavy atom. The fraction of sp³-hybridized carbons (Fsp3) is 1.00. The molecule has 146 valence electrons. The van der Waals surface area contributed by atoms with Crippen LogP contribution < -0.4 is 10.8 Å². The molecule has 0 aromatic rings. The van der Waals surface area contributed by atoms with Crippen molar-refractivity contribution in [3.8, 4) is 0 Å². The minimum Gasteiger partial charge on any atom is -0.386 e. The lowest BCUT2D eigenvalue weighted by molar-refractivity contribution is -0.0100. The standard InChI is InChI=1S/C12H25N4O8P/c1-3-5-10(7(17)11(13)22-5)24-25(19,20)15-4-6-9(21-2)8(18)12(16-14)23-6/h5-12,14,17-18H,3-4,13H2,1-2H3,(H2,15,19,20)/t5-,6-,7+,8+,9?,10?,11-,12-/m1/s1. The molecule has 0 aromatic carbocycles. The number of hydrogen-bond donors (Lipinski definition) is 6. The normalized spacial score (nSPS) is 43.9. The maximum Gasteiger partial charge on any atom is 0.403 e. The van der Waals surface area contributed by atoms with E-state index < -0.39 is 56.8 Å². The number of nitrogens with one attached hydrogen (secondary N) is 2. The smallest absolute Gasteiger partial charge is 0.386 e. The summed E-state index contributed by atoms with van der Waals surface area (Å²) >= 11 is 0. The first-order chi connectivity index (χ1) is 11.7. The van der Waals surface area contributed by atoms with E-state index in [4.69, 9.17) is 30.0 Å². The Morgan fingerprint density at radius 2 is 1.96 bits per heavy atom. The number of aliphatic hydroxyl groups is 2. The molecule has 7 N–H and O–H groups in total. The number of ether oxygens (including phenoxy) is 3. The minimum absolute atomic E-state index is 0.206. The number of hydrogen-bond acceptors (Lipinski definition) is 10. The van der Waals surface area contributed by atoms with Crippen molar-refractivity contribution < 1.29 is 38.4 Å². The molecule has 3 unspecified atom stereocenters. The lowest BCUT2D eigenvalue weighted by Gasteiger charge is -2.25. The van der Waals surface area contributed by atoms with Crippen LogP contribution in [-0.4, -0.2) is 77.8 Å². The molecule has 2 fully saturated rings. The van der Waals surface area contributed by atoms with E-state index in [-0.39, 0.29) is 6.54 Å². The van der Waals surface area contributed by atoms with E-state index in [9.17, 15) is 19.7 Å². The van der Waals surface area contributed by atoms with Crippen molar-refractivity contribution in [3.05, 3.63) is 0 Å². The fourth-order valence-electron chi connectivity index (χ4n) is 2.91. The molecule has 13 heteroatoms. The van der Waals surface area contributed by atoms with Gasteiger partial charge < -0.3 is 35.1 Å². The molecule has 2 aliphatic heterocycles. The summed E-state index contributed by atoms with van der Waals surface area (Å²) in [6.07, 6.45) is -7.41. The molecule has 0 bridgehead atoms. The highest BCUT2D eigenvalue weighted by Gasteiger charge is 2.47.